The van der Waals surface area contributed by atoms with Gasteiger partial charge in [0.15, 0.2) is 0 Å². The normalized spacial score (nSPS) is 19.6. The molecule has 1 saturated heterocycles. The van der Waals surface area contributed by atoms with E-state index in [9.17, 15) is 4.79 Å². The first-order valence-corrected chi connectivity index (χ1v) is 8.45. The van der Waals surface area contributed by atoms with Crippen LogP contribution in [-0.2, 0) is 9.53 Å². The number of carbonyl (C=O) groups excluding carboxylic acids is 1. The van der Waals surface area contributed by atoms with E-state index in [2.05, 4.69) is 22.3 Å². The maximum Gasteiger partial charge on any atom is 0.234 e. The van der Waals surface area contributed by atoms with E-state index in [1.54, 1.807) is 0 Å². The monoisotopic (exact) mass is 324 g/mol. The molecule has 0 spiro atoms. The standard InChI is InChI=1S/C20H24N2O2/c1-16(17-8-4-2-5-9-17)21-20(23)15-22-12-13-24-19(14-22)18-10-6-3-7-11-18/h2-11,16,19H,12-15H2,1H3,(H,21,23). The zero-order valence-corrected chi connectivity index (χ0v) is 14.0. The van der Waals surface area contributed by atoms with E-state index in [4.69, 9.17) is 4.74 Å². The van der Waals surface area contributed by atoms with Crippen LogP contribution in [0.15, 0.2) is 60.7 Å². The number of nitrogens with zero attached hydrogens (tertiary/aromatic N) is 1. The lowest BCUT2D eigenvalue weighted by molar-refractivity contribution is -0.125. The van der Waals surface area contributed by atoms with Crippen LogP contribution in [0, 0.1) is 0 Å². The van der Waals surface area contributed by atoms with Gasteiger partial charge >= 0.3 is 0 Å². The average molecular weight is 324 g/mol. The lowest BCUT2D eigenvalue weighted by atomic mass is 10.1. The first-order valence-electron chi connectivity index (χ1n) is 8.45. The van der Waals surface area contributed by atoms with Crippen molar-refractivity contribution >= 4 is 5.91 Å². The summed E-state index contributed by atoms with van der Waals surface area (Å²) < 4.78 is 5.85. The van der Waals surface area contributed by atoms with E-state index in [0.29, 0.717) is 13.2 Å². The van der Waals surface area contributed by atoms with Crippen molar-refractivity contribution in [2.45, 2.75) is 19.1 Å². The second-order valence-corrected chi connectivity index (χ2v) is 6.21. The molecule has 0 aromatic heterocycles. The van der Waals surface area contributed by atoms with Crippen LogP contribution >= 0.6 is 0 Å². The summed E-state index contributed by atoms with van der Waals surface area (Å²) in [6, 6.07) is 20.2. The number of hydrogen-bond donors (Lipinski definition) is 1. The molecule has 0 aliphatic carbocycles. The van der Waals surface area contributed by atoms with Crippen LogP contribution in [0.4, 0.5) is 0 Å². The van der Waals surface area contributed by atoms with Crippen molar-refractivity contribution < 1.29 is 9.53 Å². The van der Waals surface area contributed by atoms with Crippen molar-refractivity contribution in [2.24, 2.45) is 0 Å². The Morgan fingerprint density at radius 3 is 2.54 bits per heavy atom. The number of rotatable bonds is 5. The predicted molar refractivity (Wildman–Crippen MR) is 94.6 cm³/mol. The number of nitrogens with one attached hydrogen (secondary N) is 1. The highest BCUT2D eigenvalue weighted by Gasteiger charge is 2.23. The molecule has 126 valence electrons. The molecular weight excluding hydrogens is 300 g/mol. The fourth-order valence-electron chi connectivity index (χ4n) is 3.03. The third kappa shape index (κ3) is 4.43. The highest BCUT2D eigenvalue weighted by Crippen LogP contribution is 2.21. The second kappa shape index (κ2) is 8.08. The largest absolute Gasteiger partial charge is 0.371 e. The predicted octanol–water partition coefficient (Wildman–Crippen LogP) is 2.94. The number of carbonyl (C=O) groups is 1. The molecule has 3 rings (SSSR count). The molecule has 24 heavy (non-hydrogen) atoms. The maximum absolute atomic E-state index is 12.3. The molecule has 4 nitrogen and oxygen atoms in total. The van der Waals surface area contributed by atoms with Gasteiger partial charge in [-0.3, -0.25) is 9.69 Å². The summed E-state index contributed by atoms with van der Waals surface area (Å²) >= 11 is 0. The van der Waals surface area contributed by atoms with E-state index >= 15 is 0 Å². The molecular formula is C20H24N2O2. The Balaban J connectivity index is 1.53. The highest BCUT2D eigenvalue weighted by molar-refractivity contribution is 5.78. The van der Waals surface area contributed by atoms with Crippen LogP contribution in [0.25, 0.3) is 0 Å². The Morgan fingerprint density at radius 2 is 1.83 bits per heavy atom. The Bertz CT molecular complexity index is 645. The van der Waals surface area contributed by atoms with Crippen molar-refractivity contribution in [1.29, 1.82) is 0 Å². The molecule has 0 bridgehead atoms. The molecule has 0 saturated carbocycles. The third-order valence-electron chi connectivity index (χ3n) is 4.37. The summed E-state index contributed by atoms with van der Waals surface area (Å²) in [7, 11) is 0. The van der Waals surface area contributed by atoms with Gasteiger partial charge in [-0.05, 0) is 18.1 Å². The van der Waals surface area contributed by atoms with Gasteiger partial charge < -0.3 is 10.1 Å². The Labute approximate surface area is 143 Å². The summed E-state index contributed by atoms with van der Waals surface area (Å²) in [5, 5.41) is 3.08. The molecule has 2 aromatic rings. The fourth-order valence-corrected chi connectivity index (χ4v) is 3.03. The van der Waals surface area contributed by atoms with Gasteiger partial charge in [-0.15, -0.1) is 0 Å². The summed E-state index contributed by atoms with van der Waals surface area (Å²) in [5.41, 5.74) is 2.29. The number of hydrogen-bond acceptors (Lipinski definition) is 3. The minimum atomic E-state index is 0.0182. The van der Waals surface area contributed by atoms with E-state index in [1.807, 2.05) is 55.5 Å². The Morgan fingerprint density at radius 1 is 1.17 bits per heavy atom. The van der Waals surface area contributed by atoms with Gasteiger partial charge in [-0.25, -0.2) is 0 Å². The molecule has 2 aromatic carbocycles. The van der Waals surface area contributed by atoms with E-state index in [-0.39, 0.29) is 18.1 Å². The van der Waals surface area contributed by atoms with Crippen LogP contribution in [0.5, 0.6) is 0 Å². The van der Waals surface area contributed by atoms with Gasteiger partial charge in [0, 0.05) is 13.1 Å². The van der Waals surface area contributed by atoms with Crippen molar-refractivity contribution in [1.82, 2.24) is 10.2 Å². The quantitative estimate of drug-likeness (QED) is 0.919. The number of morpholine rings is 1. The highest BCUT2D eigenvalue weighted by atomic mass is 16.5. The number of ether oxygens (including phenoxy) is 1. The number of amides is 1. The van der Waals surface area contributed by atoms with E-state index in [0.717, 1.165) is 18.7 Å². The lowest BCUT2D eigenvalue weighted by Crippen LogP contribution is -2.44. The smallest absolute Gasteiger partial charge is 0.234 e. The van der Waals surface area contributed by atoms with Crippen molar-refractivity contribution in [3.8, 4) is 0 Å². The summed E-state index contributed by atoms with van der Waals surface area (Å²) in [5.74, 6) is 0.0556. The topological polar surface area (TPSA) is 41.6 Å². The molecule has 1 aliphatic heterocycles. The molecule has 1 aliphatic rings. The van der Waals surface area contributed by atoms with Gasteiger partial charge in [0.05, 0.1) is 25.3 Å². The van der Waals surface area contributed by atoms with Gasteiger partial charge in [-0.2, -0.15) is 0 Å². The second-order valence-electron chi connectivity index (χ2n) is 6.21. The molecule has 1 heterocycles. The maximum atomic E-state index is 12.3. The average Bonchev–Trinajstić information content (AvgIpc) is 2.63. The fraction of sp³-hybridized carbons (Fsp3) is 0.350. The van der Waals surface area contributed by atoms with Crippen molar-refractivity contribution in [3.63, 3.8) is 0 Å². The van der Waals surface area contributed by atoms with Crippen LogP contribution < -0.4 is 5.32 Å². The van der Waals surface area contributed by atoms with Crippen LogP contribution in [0.2, 0.25) is 0 Å². The molecule has 0 radical (unpaired) electrons. The van der Waals surface area contributed by atoms with Crippen molar-refractivity contribution in [2.75, 3.05) is 26.2 Å². The van der Waals surface area contributed by atoms with Crippen LogP contribution in [-0.4, -0.2) is 37.0 Å². The van der Waals surface area contributed by atoms with E-state index < -0.39 is 0 Å². The summed E-state index contributed by atoms with van der Waals surface area (Å²) in [6.45, 7) is 4.61. The summed E-state index contributed by atoms with van der Waals surface area (Å²) in [6.07, 6.45) is 0.0410. The molecule has 1 N–H and O–H groups in total. The molecule has 1 amide bonds. The first kappa shape index (κ1) is 16.7. The molecule has 4 heteroatoms. The zero-order valence-electron chi connectivity index (χ0n) is 14.0. The van der Waals surface area contributed by atoms with Gasteiger partial charge in [0.2, 0.25) is 5.91 Å². The van der Waals surface area contributed by atoms with Crippen molar-refractivity contribution in [3.05, 3.63) is 71.8 Å². The van der Waals surface area contributed by atoms with E-state index in [1.165, 1.54) is 5.56 Å². The minimum absolute atomic E-state index is 0.0182. The SMILES string of the molecule is CC(NC(=O)CN1CCOC(c2ccccc2)C1)c1ccccc1. The number of benzene rings is 2. The van der Waals surface area contributed by atoms with Crippen LogP contribution in [0.3, 0.4) is 0 Å². The van der Waals surface area contributed by atoms with Gasteiger partial charge in [0.1, 0.15) is 0 Å². The molecule has 2 unspecified atom stereocenters. The van der Waals surface area contributed by atoms with Crippen LogP contribution in [0.1, 0.15) is 30.2 Å². The molecule has 2 atom stereocenters. The zero-order chi connectivity index (χ0) is 16.8. The Kier molecular flexibility index (Phi) is 5.62. The summed E-state index contributed by atoms with van der Waals surface area (Å²) in [4.78, 5) is 14.5. The molecule has 1 fully saturated rings. The first-order chi connectivity index (χ1) is 11.7. The Hall–Kier alpha value is -2.17. The van der Waals surface area contributed by atoms with Gasteiger partial charge in [0.25, 0.3) is 0 Å². The van der Waals surface area contributed by atoms with Gasteiger partial charge in [-0.1, -0.05) is 60.7 Å². The lowest BCUT2D eigenvalue weighted by Gasteiger charge is -2.33. The third-order valence-corrected chi connectivity index (χ3v) is 4.37. The minimum Gasteiger partial charge on any atom is -0.371 e.